The van der Waals surface area contributed by atoms with Gasteiger partial charge in [-0.1, -0.05) is 0 Å². The average Bonchev–Trinajstić information content (AvgIpc) is 2.35. The Bertz CT molecular complexity index is 578. The molecule has 0 fully saturated rings. The molecule has 0 aliphatic carbocycles. The molecule has 1 atom stereocenters. The highest BCUT2D eigenvalue weighted by atomic mass is 32.2. The van der Waals surface area contributed by atoms with Crippen molar-refractivity contribution in [2.24, 2.45) is 0 Å². The molecule has 0 aliphatic heterocycles. The third kappa shape index (κ3) is 4.21. The summed E-state index contributed by atoms with van der Waals surface area (Å²) in [4.78, 5) is -0.0178. The summed E-state index contributed by atoms with van der Waals surface area (Å²) in [6.45, 7) is 2.21. The monoisotopic (exact) mass is 283 g/mol. The maximum Gasteiger partial charge on any atom is 0.242 e. The number of hydrogen-bond acceptors (Lipinski definition) is 5. The van der Waals surface area contributed by atoms with Crippen molar-refractivity contribution < 1.29 is 13.2 Å². The fourth-order valence-corrected chi connectivity index (χ4v) is 2.94. The number of nitrogens with one attached hydrogen (secondary N) is 1. The van der Waals surface area contributed by atoms with Crippen molar-refractivity contribution in [3.63, 3.8) is 0 Å². The van der Waals surface area contributed by atoms with Crippen LogP contribution in [0.4, 0.5) is 5.69 Å². The highest BCUT2D eigenvalue weighted by Gasteiger charge is 2.20. The smallest absolute Gasteiger partial charge is 0.242 e. The third-order valence-corrected chi connectivity index (χ3v) is 4.20. The van der Waals surface area contributed by atoms with Crippen LogP contribution in [-0.4, -0.2) is 28.2 Å². The van der Waals surface area contributed by atoms with Crippen LogP contribution in [0.25, 0.3) is 0 Å². The van der Waals surface area contributed by atoms with Gasteiger partial charge in [0.1, 0.15) is 4.90 Å². The molecule has 0 saturated carbocycles. The summed E-state index contributed by atoms with van der Waals surface area (Å²) in [7, 11) is -2.13. The molecule has 0 spiro atoms. The Hall–Kier alpha value is -1.62. The quantitative estimate of drug-likeness (QED) is 0.753. The van der Waals surface area contributed by atoms with E-state index in [1.807, 2.05) is 6.07 Å². The number of benzene rings is 1. The maximum atomic E-state index is 12.1. The maximum absolute atomic E-state index is 12.1. The van der Waals surface area contributed by atoms with Crippen LogP contribution >= 0.6 is 0 Å². The molecule has 1 aromatic rings. The van der Waals surface area contributed by atoms with Crippen molar-refractivity contribution in [2.45, 2.75) is 24.3 Å². The van der Waals surface area contributed by atoms with E-state index in [0.29, 0.717) is 18.6 Å². The van der Waals surface area contributed by atoms with Crippen LogP contribution in [0.1, 0.15) is 18.9 Å². The van der Waals surface area contributed by atoms with Crippen molar-refractivity contribution in [1.29, 1.82) is 5.26 Å². The van der Waals surface area contributed by atoms with Crippen LogP contribution in [0.5, 0.6) is 0 Å². The van der Waals surface area contributed by atoms with Crippen LogP contribution in [0.15, 0.2) is 23.1 Å². The lowest BCUT2D eigenvalue weighted by Gasteiger charge is -2.14. The molecule has 0 aliphatic rings. The van der Waals surface area contributed by atoms with Gasteiger partial charge in [-0.3, -0.25) is 0 Å². The Balaban J connectivity index is 2.92. The van der Waals surface area contributed by atoms with Gasteiger partial charge in [-0.2, -0.15) is 5.26 Å². The zero-order chi connectivity index (χ0) is 14.5. The van der Waals surface area contributed by atoms with Crippen LogP contribution in [0, 0.1) is 11.3 Å². The first-order valence-electron chi connectivity index (χ1n) is 5.71. The predicted octanol–water partition coefficient (Wildman–Crippen LogP) is 0.844. The van der Waals surface area contributed by atoms with Crippen LogP contribution in [-0.2, 0) is 14.8 Å². The van der Waals surface area contributed by atoms with Crippen molar-refractivity contribution in [3.05, 3.63) is 23.8 Å². The lowest BCUT2D eigenvalue weighted by Crippen LogP contribution is -2.33. The van der Waals surface area contributed by atoms with Crippen molar-refractivity contribution in [2.75, 3.05) is 19.5 Å². The fourth-order valence-electron chi connectivity index (χ4n) is 1.54. The van der Waals surface area contributed by atoms with Gasteiger partial charge < -0.3 is 10.5 Å². The average molecular weight is 283 g/mol. The van der Waals surface area contributed by atoms with Gasteiger partial charge in [0.25, 0.3) is 0 Å². The Kier molecular flexibility index (Phi) is 5.30. The number of nitrogen functional groups attached to an aromatic ring is 1. The normalized spacial score (nSPS) is 12.9. The molecule has 0 amide bonds. The fraction of sp³-hybridized carbons (Fsp3) is 0.417. The standard InChI is InChI=1S/C12H17N3O3S/c1-9(5-6-18-2)15-19(16,17)12-4-3-10(8-13)7-11(12)14/h3-4,7,9,15H,5-6,14H2,1-2H3. The highest BCUT2D eigenvalue weighted by Crippen LogP contribution is 2.19. The number of sulfonamides is 1. The zero-order valence-corrected chi connectivity index (χ0v) is 11.7. The molecule has 1 rings (SSSR count). The van der Waals surface area contributed by atoms with Gasteiger partial charge in [-0.05, 0) is 31.5 Å². The second-order valence-electron chi connectivity index (χ2n) is 4.17. The molecule has 6 nitrogen and oxygen atoms in total. The van der Waals surface area contributed by atoms with Crippen molar-refractivity contribution >= 4 is 15.7 Å². The van der Waals surface area contributed by atoms with Gasteiger partial charge in [0, 0.05) is 19.8 Å². The third-order valence-electron chi connectivity index (χ3n) is 2.54. The van der Waals surface area contributed by atoms with E-state index in [9.17, 15) is 8.42 Å². The highest BCUT2D eigenvalue weighted by molar-refractivity contribution is 7.89. The SMILES string of the molecule is COCCC(C)NS(=O)(=O)c1ccc(C#N)cc1N. The van der Waals surface area contributed by atoms with E-state index in [1.54, 1.807) is 14.0 Å². The number of rotatable bonds is 6. The first-order valence-corrected chi connectivity index (χ1v) is 7.20. The first kappa shape index (κ1) is 15.4. The topological polar surface area (TPSA) is 105 Å². The van der Waals surface area contributed by atoms with Crippen molar-refractivity contribution in [1.82, 2.24) is 4.72 Å². The molecular formula is C12H17N3O3S. The Morgan fingerprint density at radius 3 is 2.74 bits per heavy atom. The minimum Gasteiger partial charge on any atom is -0.398 e. The van der Waals surface area contributed by atoms with E-state index in [2.05, 4.69) is 4.72 Å². The summed E-state index contributed by atoms with van der Waals surface area (Å²) in [6, 6.07) is 5.74. The number of nitrogens with two attached hydrogens (primary N) is 1. The molecule has 0 bridgehead atoms. The number of ether oxygens (including phenoxy) is 1. The largest absolute Gasteiger partial charge is 0.398 e. The van der Waals surface area contributed by atoms with Gasteiger partial charge in [-0.25, -0.2) is 13.1 Å². The molecule has 1 unspecified atom stereocenters. The summed E-state index contributed by atoms with van der Waals surface area (Å²) in [5.74, 6) is 0. The molecular weight excluding hydrogens is 266 g/mol. The molecule has 3 N–H and O–H groups in total. The molecule has 19 heavy (non-hydrogen) atoms. The van der Waals surface area contributed by atoms with E-state index in [1.165, 1.54) is 18.2 Å². The second-order valence-corrected chi connectivity index (χ2v) is 5.85. The van der Waals surface area contributed by atoms with Gasteiger partial charge >= 0.3 is 0 Å². The Morgan fingerprint density at radius 1 is 1.53 bits per heavy atom. The molecule has 1 aromatic carbocycles. The second kappa shape index (κ2) is 6.52. The summed E-state index contributed by atoms with van der Waals surface area (Å²) in [5.41, 5.74) is 6.05. The summed E-state index contributed by atoms with van der Waals surface area (Å²) < 4.78 is 31.6. The molecule has 0 saturated heterocycles. The summed E-state index contributed by atoms with van der Waals surface area (Å²) in [5, 5.41) is 8.71. The van der Waals surface area contributed by atoms with Crippen LogP contribution < -0.4 is 10.5 Å². The van der Waals surface area contributed by atoms with Gasteiger partial charge in [0.05, 0.1) is 17.3 Å². The summed E-state index contributed by atoms with van der Waals surface area (Å²) in [6.07, 6.45) is 0.561. The number of methoxy groups -OCH3 is 1. The van der Waals surface area contributed by atoms with E-state index in [4.69, 9.17) is 15.7 Å². The zero-order valence-electron chi connectivity index (χ0n) is 10.9. The van der Waals surface area contributed by atoms with Crippen LogP contribution in [0.2, 0.25) is 0 Å². The van der Waals surface area contributed by atoms with E-state index >= 15 is 0 Å². The van der Waals surface area contributed by atoms with E-state index in [0.717, 1.165) is 0 Å². The minimum atomic E-state index is -3.69. The number of nitriles is 1. The van der Waals surface area contributed by atoms with Gasteiger partial charge in [-0.15, -0.1) is 0 Å². The number of anilines is 1. The predicted molar refractivity (Wildman–Crippen MR) is 71.8 cm³/mol. The molecule has 0 radical (unpaired) electrons. The minimum absolute atomic E-state index is 0.0178. The Morgan fingerprint density at radius 2 is 2.21 bits per heavy atom. The first-order chi connectivity index (χ1) is 8.90. The molecule has 104 valence electrons. The lowest BCUT2D eigenvalue weighted by atomic mass is 10.2. The van der Waals surface area contributed by atoms with Gasteiger partial charge in [0.2, 0.25) is 10.0 Å². The lowest BCUT2D eigenvalue weighted by molar-refractivity contribution is 0.188. The van der Waals surface area contributed by atoms with Crippen molar-refractivity contribution in [3.8, 4) is 6.07 Å². The molecule has 0 heterocycles. The van der Waals surface area contributed by atoms with E-state index < -0.39 is 10.0 Å². The van der Waals surface area contributed by atoms with Crippen LogP contribution in [0.3, 0.4) is 0 Å². The van der Waals surface area contributed by atoms with E-state index in [-0.39, 0.29) is 16.6 Å². The summed E-state index contributed by atoms with van der Waals surface area (Å²) >= 11 is 0. The molecule has 0 aromatic heterocycles. The molecule has 7 heteroatoms. The Labute approximate surface area is 113 Å². The number of hydrogen-bond donors (Lipinski definition) is 2. The van der Waals surface area contributed by atoms with Gasteiger partial charge in [0.15, 0.2) is 0 Å². The number of nitrogens with zero attached hydrogens (tertiary/aromatic N) is 1.